The average Bonchev–Trinajstić information content (AvgIpc) is 2.04. The van der Waals surface area contributed by atoms with Gasteiger partial charge in [-0.2, -0.15) is 0 Å². The number of hydrogen-bond acceptors (Lipinski definition) is 2. The van der Waals surface area contributed by atoms with E-state index in [-0.39, 0.29) is 0 Å². The lowest BCUT2D eigenvalue weighted by molar-refractivity contribution is 0.980. The second kappa shape index (κ2) is 2.64. The van der Waals surface area contributed by atoms with Crippen LogP contribution in [0.3, 0.4) is 0 Å². The molecule has 61 valence electrons. The van der Waals surface area contributed by atoms with Crippen molar-refractivity contribution in [3.63, 3.8) is 0 Å². The SMILES string of the molecule is N[C]1CC=Cc2cccc(N)c21. The van der Waals surface area contributed by atoms with Gasteiger partial charge in [-0.05, 0) is 18.1 Å². The first-order chi connectivity index (χ1) is 5.79. The number of benzene rings is 1. The molecule has 0 unspecified atom stereocenters. The number of hydrogen-bond donors (Lipinski definition) is 2. The van der Waals surface area contributed by atoms with Crippen LogP contribution < -0.4 is 11.5 Å². The van der Waals surface area contributed by atoms with Gasteiger partial charge < -0.3 is 11.5 Å². The van der Waals surface area contributed by atoms with Crippen LogP contribution in [0, 0.1) is 6.04 Å². The summed E-state index contributed by atoms with van der Waals surface area (Å²) in [6, 6.07) is 6.71. The van der Waals surface area contributed by atoms with E-state index in [1.165, 1.54) is 0 Å². The fourth-order valence-corrected chi connectivity index (χ4v) is 1.51. The van der Waals surface area contributed by atoms with E-state index in [4.69, 9.17) is 11.5 Å². The summed E-state index contributed by atoms with van der Waals surface area (Å²) < 4.78 is 0. The van der Waals surface area contributed by atoms with Gasteiger partial charge in [-0.3, -0.25) is 0 Å². The van der Waals surface area contributed by atoms with E-state index < -0.39 is 0 Å². The summed E-state index contributed by atoms with van der Waals surface area (Å²) in [6.45, 7) is 0. The number of nitrogen functional groups attached to an aromatic ring is 1. The first kappa shape index (κ1) is 7.37. The topological polar surface area (TPSA) is 52.0 Å². The van der Waals surface area contributed by atoms with E-state index in [1.807, 2.05) is 18.2 Å². The molecule has 0 heterocycles. The average molecular weight is 159 g/mol. The van der Waals surface area contributed by atoms with Crippen molar-refractivity contribution in [2.24, 2.45) is 5.73 Å². The van der Waals surface area contributed by atoms with E-state index >= 15 is 0 Å². The Hall–Kier alpha value is -1.28. The Balaban J connectivity index is 2.62. The van der Waals surface area contributed by atoms with Gasteiger partial charge in [-0.15, -0.1) is 0 Å². The molecule has 12 heavy (non-hydrogen) atoms. The Morgan fingerprint density at radius 3 is 2.75 bits per heavy atom. The number of rotatable bonds is 0. The highest BCUT2D eigenvalue weighted by atomic mass is 14.7. The first-order valence-electron chi connectivity index (χ1n) is 3.96. The molecule has 1 aliphatic carbocycles. The van der Waals surface area contributed by atoms with Crippen LogP contribution in [0.2, 0.25) is 0 Å². The highest BCUT2D eigenvalue weighted by Crippen LogP contribution is 2.29. The third-order valence-corrected chi connectivity index (χ3v) is 2.09. The van der Waals surface area contributed by atoms with Crippen LogP contribution in [-0.4, -0.2) is 0 Å². The molecule has 0 atom stereocenters. The standard InChI is InChI=1S/C10H11N2/c11-8-5-1-3-7-4-2-6-9(12)10(7)8/h1-5H,6,11-12H2. The molecule has 0 bridgehead atoms. The molecule has 0 saturated heterocycles. The minimum absolute atomic E-state index is 0.773. The van der Waals surface area contributed by atoms with Gasteiger partial charge in [0.2, 0.25) is 0 Å². The zero-order chi connectivity index (χ0) is 8.55. The smallest absolute Gasteiger partial charge is 0.0699 e. The number of anilines is 1. The highest BCUT2D eigenvalue weighted by Gasteiger charge is 2.15. The van der Waals surface area contributed by atoms with Crippen molar-refractivity contribution < 1.29 is 0 Å². The maximum absolute atomic E-state index is 5.83. The predicted octanol–water partition coefficient (Wildman–Crippen LogP) is 1.52. The van der Waals surface area contributed by atoms with Gasteiger partial charge in [0.05, 0.1) is 6.04 Å². The molecule has 0 spiro atoms. The molecule has 2 rings (SSSR count). The van der Waals surface area contributed by atoms with Gasteiger partial charge in [0.15, 0.2) is 0 Å². The van der Waals surface area contributed by atoms with Gasteiger partial charge in [-0.25, -0.2) is 0 Å². The third-order valence-electron chi connectivity index (χ3n) is 2.09. The Labute approximate surface area is 71.9 Å². The van der Waals surface area contributed by atoms with Crippen LogP contribution in [0.15, 0.2) is 24.3 Å². The van der Waals surface area contributed by atoms with Gasteiger partial charge in [-0.1, -0.05) is 24.3 Å². The fraction of sp³-hybridized carbons (Fsp3) is 0.100. The lowest BCUT2D eigenvalue weighted by Crippen LogP contribution is -2.16. The third kappa shape index (κ3) is 1.01. The molecule has 1 aromatic rings. The van der Waals surface area contributed by atoms with Crippen LogP contribution in [0.5, 0.6) is 0 Å². The molecule has 1 radical (unpaired) electrons. The zero-order valence-corrected chi connectivity index (χ0v) is 6.75. The van der Waals surface area contributed by atoms with Crippen LogP contribution in [0.4, 0.5) is 5.69 Å². The molecule has 2 heteroatoms. The lowest BCUT2D eigenvalue weighted by Gasteiger charge is -2.18. The Bertz CT molecular complexity index is 329. The molecule has 0 amide bonds. The maximum Gasteiger partial charge on any atom is 0.0699 e. The van der Waals surface area contributed by atoms with E-state index in [0.717, 1.165) is 29.3 Å². The van der Waals surface area contributed by atoms with Crippen LogP contribution in [0.1, 0.15) is 17.5 Å². The summed E-state index contributed by atoms with van der Waals surface area (Å²) in [5.74, 6) is 0. The molecule has 0 saturated carbocycles. The first-order valence-corrected chi connectivity index (χ1v) is 3.96. The van der Waals surface area contributed by atoms with Crippen molar-refractivity contribution in [2.75, 3.05) is 5.73 Å². The van der Waals surface area contributed by atoms with Gasteiger partial charge >= 0.3 is 0 Å². The Morgan fingerprint density at radius 2 is 2.00 bits per heavy atom. The van der Waals surface area contributed by atoms with E-state index in [2.05, 4.69) is 12.2 Å². The summed E-state index contributed by atoms with van der Waals surface area (Å²) in [7, 11) is 0. The second-order valence-electron chi connectivity index (χ2n) is 2.94. The summed E-state index contributed by atoms with van der Waals surface area (Å²) in [6.07, 6.45) is 4.92. The Kier molecular flexibility index (Phi) is 1.62. The molecule has 1 aromatic carbocycles. The molecule has 0 aromatic heterocycles. The molecule has 0 fully saturated rings. The summed E-state index contributed by atoms with van der Waals surface area (Å²) in [5.41, 5.74) is 14.5. The molecule has 2 nitrogen and oxygen atoms in total. The van der Waals surface area contributed by atoms with Crippen molar-refractivity contribution in [3.8, 4) is 0 Å². The molecule has 0 aliphatic heterocycles. The Morgan fingerprint density at radius 1 is 1.17 bits per heavy atom. The van der Waals surface area contributed by atoms with Crippen molar-refractivity contribution in [3.05, 3.63) is 41.4 Å². The van der Waals surface area contributed by atoms with Gasteiger partial charge in [0.25, 0.3) is 0 Å². The number of fused-ring (bicyclic) bond motifs is 1. The van der Waals surface area contributed by atoms with E-state index in [9.17, 15) is 0 Å². The fourth-order valence-electron chi connectivity index (χ4n) is 1.51. The van der Waals surface area contributed by atoms with E-state index in [1.54, 1.807) is 0 Å². The quantitative estimate of drug-likeness (QED) is 0.564. The summed E-state index contributed by atoms with van der Waals surface area (Å²) in [5, 5.41) is 0. The summed E-state index contributed by atoms with van der Waals surface area (Å²) in [4.78, 5) is 0. The minimum atomic E-state index is 0.773. The second-order valence-corrected chi connectivity index (χ2v) is 2.94. The minimum Gasteiger partial charge on any atom is -0.398 e. The van der Waals surface area contributed by atoms with Crippen molar-refractivity contribution >= 4 is 11.8 Å². The largest absolute Gasteiger partial charge is 0.398 e. The molecule has 4 N–H and O–H groups in total. The molecular formula is C10H11N2. The monoisotopic (exact) mass is 159 g/mol. The highest BCUT2D eigenvalue weighted by molar-refractivity contribution is 5.69. The van der Waals surface area contributed by atoms with Crippen molar-refractivity contribution in [1.29, 1.82) is 0 Å². The summed E-state index contributed by atoms with van der Waals surface area (Å²) >= 11 is 0. The van der Waals surface area contributed by atoms with Crippen LogP contribution >= 0.6 is 0 Å². The predicted molar refractivity (Wildman–Crippen MR) is 51.0 cm³/mol. The zero-order valence-electron chi connectivity index (χ0n) is 6.75. The van der Waals surface area contributed by atoms with Gasteiger partial charge in [0.1, 0.15) is 0 Å². The van der Waals surface area contributed by atoms with E-state index in [0.29, 0.717) is 0 Å². The maximum atomic E-state index is 5.83. The van der Waals surface area contributed by atoms with Gasteiger partial charge in [0, 0.05) is 11.3 Å². The van der Waals surface area contributed by atoms with Crippen molar-refractivity contribution in [1.82, 2.24) is 0 Å². The number of nitrogens with two attached hydrogens (primary N) is 2. The lowest BCUT2D eigenvalue weighted by atomic mass is 9.92. The molecular weight excluding hydrogens is 148 g/mol. The van der Waals surface area contributed by atoms with Crippen LogP contribution in [-0.2, 0) is 0 Å². The normalized spacial score (nSPS) is 16.1. The van der Waals surface area contributed by atoms with Crippen molar-refractivity contribution in [2.45, 2.75) is 6.42 Å². The van der Waals surface area contributed by atoms with Crippen LogP contribution in [0.25, 0.3) is 6.08 Å². The molecule has 1 aliphatic rings.